The molecule has 8 nitrogen and oxygen atoms in total. The Morgan fingerprint density at radius 1 is 1.33 bits per heavy atom. The second kappa shape index (κ2) is 8.91. The van der Waals surface area contributed by atoms with Crippen LogP contribution in [0.15, 0.2) is 35.1 Å². The first-order chi connectivity index (χ1) is 17.2. The van der Waals surface area contributed by atoms with E-state index >= 15 is 0 Å². The number of halogens is 2. The number of aromatic nitrogens is 3. The van der Waals surface area contributed by atoms with E-state index in [1.54, 1.807) is 24.5 Å². The molecule has 0 amide bonds. The monoisotopic (exact) mass is 495 g/mol. The Bertz CT molecular complexity index is 1420. The Hall–Kier alpha value is -3.42. The molecule has 0 unspecified atom stereocenters. The van der Waals surface area contributed by atoms with Gasteiger partial charge < -0.3 is 19.7 Å². The van der Waals surface area contributed by atoms with E-state index in [1.165, 1.54) is 18.2 Å². The number of anilines is 1. The summed E-state index contributed by atoms with van der Waals surface area (Å²) in [5, 5.41) is 22.7. The maximum atomic E-state index is 14.1. The van der Waals surface area contributed by atoms with Crippen LogP contribution in [0.3, 0.4) is 0 Å². The molecule has 10 heteroatoms. The van der Waals surface area contributed by atoms with Crippen molar-refractivity contribution < 1.29 is 18.6 Å². The minimum absolute atomic E-state index is 0.207. The fourth-order valence-corrected chi connectivity index (χ4v) is 4.63. The number of ether oxygens (including phenoxy) is 1. The number of hydrogen-bond acceptors (Lipinski definition) is 7. The quantitative estimate of drug-likeness (QED) is 0.491. The van der Waals surface area contributed by atoms with Crippen LogP contribution in [0.4, 0.5) is 14.6 Å². The molecule has 2 aliphatic rings. The zero-order chi connectivity index (χ0) is 25.7. The smallest absolute Gasteiger partial charge is 0.295 e. The van der Waals surface area contributed by atoms with Crippen molar-refractivity contribution >= 4 is 16.7 Å². The molecule has 1 atom stereocenters. The molecule has 36 heavy (non-hydrogen) atoms. The van der Waals surface area contributed by atoms with E-state index in [2.05, 4.69) is 21.4 Å². The van der Waals surface area contributed by atoms with Crippen LogP contribution in [0, 0.1) is 24.2 Å². The Kier molecular flexibility index (Phi) is 6.01. The van der Waals surface area contributed by atoms with Crippen molar-refractivity contribution in [2.24, 2.45) is 5.92 Å². The minimum Gasteiger partial charge on any atom is -0.390 e. The number of hydrogen-bond donors (Lipinski definition) is 2. The Morgan fingerprint density at radius 3 is 2.69 bits per heavy atom. The van der Waals surface area contributed by atoms with Crippen molar-refractivity contribution in [3.63, 3.8) is 0 Å². The van der Waals surface area contributed by atoms with Crippen molar-refractivity contribution in [3.05, 3.63) is 63.3 Å². The lowest BCUT2D eigenvalue weighted by molar-refractivity contribution is -0.0556. The average molecular weight is 496 g/mol. The SMILES string of the molecule is Cc1nc(N[C@H](C)c2cccc(C(F)(F)CO)c2)c2cc(C3(C#N)CC3)n(CC3COC3)c(=O)c2n1. The number of fused-ring (bicyclic) bond motifs is 1. The summed E-state index contributed by atoms with van der Waals surface area (Å²) in [4.78, 5) is 22.6. The molecule has 1 saturated heterocycles. The number of aliphatic hydroxyl groups excluding tert-OH is 1. The van der Waals surface area contributed by atoms with Gasteiger partial charge in [0.15, 0.2) is 0 Å². The van der Waals surface area contributed by atoms with E-state index in [0.717, 1.165) is 0 Å². The summed E-state index contributed by atoms with van der Waals surface area (Å²) in [6, 6.07) is 9.62. The van der Waals surface area contributed by atoms with Crippen LogP contribution in [-0.4, -0.2) is 39.5 Å². The number of pyridine rings is 1. The van der Waals surface area contributed by atoms with E-state index in [0.29, 0.717) is 60.9 Å². The van der Waals surface area contributed by atoms with E-state index in [4.69, 9.17) is 9.84 Å². The normalized spacial score (nSPS) is 17.9. The molecule has 2 N–H and O–H groups in total. The van der Waals surface area contributed by atoms with Crippen molar-refractivity contribution in [3.8, 4) is 6.07 Å². The third kappa shape index (κ3) is 4.22. The van der Waals surface area contributed by atoms with Gasteiger partial charge in [-0.1, -0.05) is 18.2 Å². The average Bonchev–Trinajstić information content (AvgIpc) is 3.64. The molecular weight excluding hydrogens is 468 g/mol. The van der Waals surface area contributed by atoms with E-state index in [-0.39, 0.29) is 22.6 Å². The lowest BCUT2D eigenvalue weighted by Crippen LogP contribution is -2.37. The first-order valence-electron chi connectivity index (χ1n) is 11.9. The highest BCUT2D eigenvalue weighted by Crippen LogP contribution is 2.48. The number of nitrogens with zero attached hydrogens (tertiary/aromatic N) is 4. The van der Waals surface area contributed by atoms with Gasteiger partial charge in [0, 0.05) is 29.8 Å². The molecule has 1 aliphatic heterocycles. The molecule has 2 fully saturated rings. The van der Waals surface area contributed by atoms with Crippen LogP contribution >= 0.6 is 0 Å². The van der Waals surface area contributed by atoms with E-state index in [1.807, 2.05) is 6.07 Å². The molecule has 1 aromatic carbocycles. The summed E-state index contributed by atoms with van der Waals surface area (Å²) in [7, 11) is 0. The topological polar surface area (TPSA) is 113 Å². The van der Waals surface area contributed by atoms with Gasteiger partial charge in [-0.2, -0.15) is 14.0 Å². The zero-order valence-electron chi connectivity index (χ0n) is 20.1. The number of aliphatic hydroxyl groups is 1. The number of aryl methyl sites for hydroxylation is 1. The van der Waals surface area contributed by atoms with E-state index < -0.39 is 24.0 Å². The summed E-state index contributed by atoms with van der Waals surface area (Å²) in [6.07, 6.45) is 1.35. The third-order valence-corrected chi connectivity index (χ3v) is 7.04. The van der Waals surface area contributed by atoms with Crippen molar-refractivity contribution in [2.45, 2.75) is 50.6 Å². The summed E-state index contributed by atoms with van der Waals surface area (Å²) in [5.74, 6) is -2.36. The largest absolute Gasteiger partial charge is 0.390 e. The lowest BCUT2D eigenvalue weighted by atomic mass is 9.99. The van der Waals surface area contributed by atoms with Crippen molar-refractivity contribution in [1.29, 1.82) is 5.26 Å². The standard InChI is InChI=1S/C26H27F2N5O3/c1-15(18-4-3-5-19(8-18)26(27,28)14-34)30-23-20-9-21(25(13-29)6-7-25)33(10-17-11-36-12-17)24(35)22(20)31-16(2)32-23/h3-5,8-9,15,17,34H,6-7,10-12,14H2,1-2H3,(H,30,31,32)/t15-/m1/s1. The molecule has 188 valence electrons. The summed E-state index contributed by atoms with van der Waals surface area (Å²) in [5.41, 5.74) is 0.198. The van der Waals surface area contributed by atoms with Gasteiger partial charge in [0.2, 0.25) is 0 Å². The summed E-state index contributed by atoms with van der Waals surface area (Å²) < 4.78 is 35.1. The minimum atomic E-state index is -3.35. The molecule has 0 radical (unpaired) electrons. The van der Waals surface area contributed by atoms with Gasteiger partial charge in [-0.3, -0.25) is 4.79 Å². The van der Waals surface area contributed by atoms with Gasteiger partial charge in [0.25, 0.3) is 11.5 Å². The maximum Gasteiger partial charge on any atom is 0.295 e. The second-order valence-corrected chi connectivity index (χ2v) is 9.78. The predicted octanol–water partition coefficient (Wildman–Crippen LogP) is 3.56. The first-order valence-corrected chi connectivity index (χ1v) is 11.9. The highest BCUT2D eigenvalue weighted by Gasteiger charge is 2.48. The van der Waals surface area contributed by atoms with Gasteiger partial charge in [0.1, 0.15) is 23.8 Å². The number of nitriles is 1. The molecule has 1 saturated carbocycles. The van der Waals surface area contributed by atoms with Gasteiger partial charge in [0.05, 0.1) is 30.1 Å². The van der Waals surface area contributed by atoms with Crippen molar-refractivity contribution in [1.82, 2.24) is 14.5 Å². The third-order valence-electron chi connectivity index (χ3n) is 7.04. The van der Waals surface area contributed by atoms with Crippen LogP contribution in [0.1, 0.15) is 48.5 Å². The lowest BCUT2D eigenvalue weighted by Gasteiger charge is -2.28. The fourth-order valence-electron chi connectivity index (χ4n) is 4.63. The van der Waals surface area contributed by atoms with Crippen LogP contribution < -0.4 is 10.9 Å². The van der Waals surface area contributed by atoms with Gasteiger partial charge in [-0.15, -0.1) is 0 Å². The van der Waals surface area contributed by atoms with Gasteiger partial charge in [-0.25, -0.2) is 9.97 Å². The highest BCUT2D eigenvalue weighted by atomic mass is 19.3. The Morgan fingerprint density at radius 2 is 2.08 bits per heavy atom. The molecule has 1 aliphatic carbocycles. The second-order valence-electron chi connectivity index (χ2n) is 9.78. The molecule has 5 rings (SSSR count). The number of alkyl halides is 2. The molecule has 2 aromatic heterocycles. The molecular formula is C26H27F2N5O3. The number of nitrogens with one attached hydrogen (secondary N) is 1. The van der Waals surface area contributed by atoms with E-state index in [9.17, 15) is 18.8 Å². The molecule has 3 heterocycles. The summed E-state index contributed by atoms with van der Waals surface area (Å²) in [6.45, 7) is 3.82. The fraction of sp³-hybridized carbons (Fsp3) is 0.462. The van der Waals surface area contributed by atoms with Crippen LogP contribution in [-0.2, 0) is 22.6 Å². The van der Waals surface area contributed by atoms with Crippen LogP contribution in [0.25, 0.3) is 10.9 Å². The highest BCUT2D eigenvalue weighted by molar-refractivity contribution is 5.89. The predicted molar refractivity (Wildman–Crippen MR) is 129 cm³/mol. The maximum absolute atomic E-state index is 14.1. The van der Waals surface area contributed by atoms with Crippen molar-refractivity contribution in [2.75, 3.05) is 25.1 Å². The molecule has 0 spiro atoms. The Labute approximate surface area is 206 Å². The molecule has 3 aromatic rings. The van der Waals surface area contributed by atoms with Gasteiger partial charge >= 0.3 is 0 Å². The number of rotatable bonds is 8. The number of benzene rings is 1. The summed E-state index contributed by atoms with van der Waals surface area (Å²) >= 11 is 0. The van der Waals surface area contributed by atoms with Crippen LogP contribution in [0.2, 0.25) is 0 Å². The van der Waals surface area contributed by atoms with Crippen LogP contribution in [0.5, 0.6) is 0 Å². The molecule has 0 bridgehead atoms. The van der Waals surface area contributed by atoms with Gasteiger partial charge in [-0.05, 0) is 44.4 Å². The first kappa shape index (κ1) is 24.3. The Balaban J connectivity index is 1.59. The zero-order valence-corrected chi connectivity index (χ0v) is 20.1.